The van der Waals surface area contributed by atoms with Crippen LogP contribution in [-0.2, 0) is 0 Å². The zero-order chi connectivity index (χ0) is 15.4. The van der Waals surface area contributed by atoms with Crippen molar-refractivity contribution in [2.75, 3.05) is 12.4 Å². The van der Waals surface area contributed by atoms with Gasteiger partial charge in [0.1, 0.15) is 5.75 Å². The molecule has 2 aromatic carbocycles. The number of amides is 1. The van der Waals surface area contributed by atoms with Crippen LogP contribution < -0.4 is 10.1 Å². The van der Waals surface area contributed by atoms with Gasteiger partial charge in [-0.1, -0.05) is 0 Å². The minimum absolute atomic E-state index is 0.00124. The third-order valence-electron chi connectivity index (χ3n) is 3.21. The molecule has 108 valence electrons. The molecule has 0 spiro atoms. The van der Waals surface area contributed by atoms with Crippen LogP contribution in [0.3, 0.4) is 0 Å². The van der Waals surface area contributed by atoms with Gasteiger partial charge in [0, 0.05) is 16.8 Å². The summed E-state index contributed by atoms with van der Waals surface area (Å²) in [5, 5.41) is 2.80. The van der Waals surface area contributed by atoms with Crippen LogP contribution in [0.2, 0.25) is 0 Å². The Bertz CT molecular complexity index is 675. The van der Waals surface area contributed by atoms with Crippen molar-refractivity contribution >= 4 is 17.4 Å². The molecule has 4 heteroatoms. The molecule has 0 atom stereocenters. The third-order valence-corrected chi connectivity index (χ3v) is 3.21. The van der Waals surface area contributed by atoms with Gasteiger partial charge in [0.05, 0.1) is 7.11 Å². The average Bonchev–Trinajstić information content (AvgIpc) is 2.47. The van der Waals surface area contributed by atoms with Gasteiger partial charge in [0.2, 0.25) is 0 Å². The second-order valence-electron chi connectivity index (χ2n) is 4.77. The van der Waals surface area contributed by atoms with E-state index in [2.05, 4.69) is 5.32 Å². The zero-order valence-electron chi connectivity index (χ0n) is 12.3. The number of benzene rings is 2. The van der Waals surface area contributed by atoms with Gasteiger partial charge in [0.15, 0.2) is 5.78 Å². The Morgan fingerprint density at radius 3 is 2.14 bits per heavy atom. The highest BCUT2D eigenvalue weighted by Gasteiger charge is 2.09. The highest BCUT2D eigenvalue weighted by atomic mass is 16.5. The highest BCUT2D eigenvalue weighted by molar-refractivity contribution is 6.04. The Labute approximate surface area is 123 Å². The van der Waals surface area contributed by atoms with Crippen LogP contribution in [0.5, 0.6) is 5.75 Å². The summed E-state index contributed by atoms with van der Waals surface area (Å²) in [6.07, 6.45) is 0. The number of carbonyl (C=O) groups is 2. The van der Waals surface area contributed by atoms with Crippen LogP contribution >= 0.6 is 0 Å². The summed E-state index contributed by atoms with van der Waals surface area (Å²) in [6, 6.07) is 12.1. The van der Waals surface area contributed by atoms with Gasteiger partial charge in [-0.2, -0.15) is 0 Å². The molecular weight excluding hydrogens is 266 g/mol. The number of ketones is 1. The first-order chi connectivity index (χ1) is 10.0. The number of carbonyl (C=O) groups excluding carboxylic acids is 2. The van der Waals surface area contributed by atoms with E-state index in [-0.39, 0.29) is 11.7 Å². The largest absolute Gasteiger partial charge is 0.496 e. The predicted molar refractivity (Wildman–Crippen MR) is 82.1 cm³/mol. The monoisotopic (exact) mass is 283 g/mol. The number of ether oxygens (including phenoxy) is 1. The van der Waals surface area contributed by atoms with E-state index in [1.807, 2.05) is 6.92 Å². The second-order valence-corrected chi connectivity index (χ2v) is 4.77. The Morgan fingerprint density at radius 1 is 1.00 bits per heavy atom. The van der Waals surface area contributed by atoms with E-state index in [4.69, 9.17) is 4.74 Å². The number of anilines is 1. The average molecular weight is 283 g/mol. The molecule has 0 bridgehead atoms. The normalized spacial score (nSPS) is 10.0. The summed E-state index contributed by atoms with van der Waals surface area (Å²) >= 11 is 0. The number of methoxy groups -OCH3 is 1. The molecule has 0 aliphatic carbocycles. The summed E-state index contributed by atoms with van der Waals surface area (Å²) < 4.78 is 5.17. The van der Waals surface area contributed by atoms with E-state index >= 15 is 0 Å². The lowest BCUT2D eigenvalue weighted by molar-refractivity contribution is 0.101. The Kier molecular flexibility index (Phi) is 4.38. The number of aryl methyl sites for hydroxylation is 1. The van der Waals surface area contributed by atoms with Crippen LogP contribution in [0.1, 0.15) is 33.2 Å². The molecule has 2 rings (SSSR count). The van der Waals surface area contributed by atoms with E-state index in [0.717, 1.165) is 11.3 Å². The Morgan fingerprint density at radius 2 is 1.62 bits per heavy atom. The molecule has 2 aromatic rings. The Balaban J connectivity index is 2.14. The Hall–Kier alpha value is -2.62. The second kappa shape index (κ2) is 6.22. The summed E-state index contributed by atoms with van der Waals surface area (Å²) in [5.41, 5.74) is 2.73. The fraction of sp³-hybridized carbons (Fsp3) is 0.176. The molecule has 0 saturated carbocycles. The minimum atomic E-state index is -0.198. The first kappa shape index (κ1) is 14.8. The van der Waals surface area contributed by atoms with Gasteiger partial charge in [0.25, 0.3) is 5.91 Å². The van der Waals surface area contributed by atoms with Crippen LogP contribution in [0, 0.1) is 6.92 Å². The maximum atomic E-state index is 12.2. The first-order valence-electron chi connectivity index (χ1n) is 6.58. The number of hydrogen-bond donors (Lipinski definition) is 1. The van der Waals surface area contributed by atoms with Crippen LogP contribution in [0.15, 0.2) is 42.5 Å². The number of nitrogens with one attached hydrogen (secondary N) is 1. The maximum absolute atomic E-state index is 12.2. The number of Topliss-reactive ketones (excluding diaryl/α,β-unsaturated/α-hetero) is 1. The highest BCUT2D eigenvalue weighted by Crippen LogP contribution is 2.19. The fourth-order valence-electron chi connectivity index (χ4n) is 2.01. The molecule has 0 fully saturated rings. The van der Waals surface area contributed by atoms with Gasteiger partial charge in [-0.15, -0.1) is 0 Å². The molecule has 0 heterocycles. The molecule has 1 amide bonds. The maximum Gasteiger partial charge on any atom is 0.255 e. The smallest absolute Gasteiger partial charge is 0.255 e. The van der Waals surface area contributed by atoms with Crippen molar-refractivity contribution in [3.8, 4) is 5.75 Å². The lowest BCUT2D eigenvalue weighted by Gasteiger charge is -2.08. The van der Waals surface area contributed by atoms with E-state index in [9.17, 15) is 9.59 Å². The van der Waals surface area contributed by atoms with Crippen LogP contribution in [-0.4, -0.2) is 18.8 Å². The van der Waals surface area contributed by atoms with Gasteiger partial charge >= 0.3 is 0 Å². The SMILES string of the molecule is COc1ccc(C(=O)Nc2ccc(C(C)=O)cc2)cc1C. The van der Waals surface area contributed by atoms with Crippen molar-refractivity contribution in [2.24, 2.45) is 0 Å². The van der Waals surface area contributed by atoms with Crippen molar-refractivity contribution in [3.63, 3.8) is 0 Å². The molecule has 0 aliphatic rings. The topological polar surface area (TPSA) is 55.4 Å². The molecule has 1 N–H and O–H groups in total. The molecule has 0 aromatic heterocycles. The molecule has 0 aliphatic heterocycles. The predicted octanol–water partition coefficient (Wildman–Crippen LogP) is 3.46. The standard InChI is InChI=1S/C17H17NO3/c1-11-10-14(6-9-16(11)21-3)17(20)18-15-7-4-13(5-8-15)12(2)19/h4-10H,1-3H3,(H,18,20). The van der Waals surface area contributed by atoms with Crippen molar-refractivity contribution in [2.45, 2.75) is 13.8 Å². The van der Waals surface area contributed by atoms with Crippen molar-refractivity contribution in [1.82, 2.24) is 0 Å². The summed E-state index contributed by atoms with van der Waals surface area (Å²) in [6.45, 7) is 3.39. The van der Waals surface area contributed by atoms with Crippen molar-refractivity contribution < 1.29 is 14.3 Å². The van der Waals surface area contributed by atoms with Crippen molar-refractivity contribution in [1.29, 1.82) is 0 Å². The molecule has 21 heavy (non-hydrogen) atoms. The van der Waals surface area contributed by atoms with E-state index in [1.54, 1.807) is 49.6 Å². The third kappa shape index (κ3) is 3.48. The van der Waals surface area contributed by atoms with E-state index < -0.39 is 0 Å². The number of hydrogen-bond acceptors (Lipinski definition) is 3. The van der Waals surface area contributed by atoms with Gasteiger partial charge < -0.3 is 10.1 Å². The van der Waals surface area contributed by atoms with Gasteiger partial charge in [-0.3, -0.25) is 9.59 Å². The lowest BCUT2D eigenvalue weighted by atomic mass is 10.1. The summed E-state index contributed by atoms with van der Waals surface area (Å²) in [4.78, 5) is 23.4. The quantitative estimate of drug-likeness (QED) is 0.874. The van der Waals surface area contributed by atoms with E-state index in [0.29, 0.717) is 16.8 Å². The van der Waals surface area contributed by atoms with Crippen LogP contribution in [0.25, 0.3) is 0 Å². The molecular formula is C17H17NO3. The molecule has 4 nitrogen and oxygen atoms in total. The van der Waals surface area contributed by atoms with Gasteiger partial charge in [-0.25, -0.2) is 0 Å². The lowest BCUT2D eigenvalue weighted by Crippen LogP contribution is -2.12. The fourth-order valence-corrected chi connectivity index (χ4v) is 2.01. The zero-order valence-corrected chi connectivity index (χ0v) is 12.3. The molecule has 0 saturated heterocycles. The van der Waals surface area contributed by atoms with Crippen molar-refractivity contribution in [3.05, 3.63) is 59.2 Å². The first-order valence-corrected chi connectivity index (χ1v) is 6.58. The number of rotatable bonds is 4. The summed E-state index contributed by atoms with van der Waals surface area (Å²) in [7, 11) is 1.60. The van der Waals surface area contributed by atoms with Crippen LogP contribution in [0.4, 0.5) is 5.69 Å². The van der Waals surface area contributed by atoms with E-state index in [1.165, 1.54) is 6.92 Å². The molecule has 0 radical (unpaired) electrons. The minimum Gasteiger partial charge on any atom is -0.496 e. The molecule has 0 unspecified atom stereocenters. The summed E-state index contributed by atoms with van der Waals surface area (Å²) in [5.74, 6) is 0.548. The van der Waals surface area contributed by atoms with Gasteiger partial charge in [-0.05, 0) is 61.9 Å².